The average Bonchev–Trinajstić information content (AvgIpc) is 2.22. The van der Waals surface area contributed by atoms with Crippen molar-refractivity contribution in [1.82, 2.24) is 0 Å². The van der Waals surface area contributed by atoms with Gasteiger partial charge in [-0.2, -0.15) is 0 Å². The number of hydrogen-bond donors (Lipinski definition) is 2. The molecular formula is C12H19NO2. The number of benzene rings is 1. The second kappa shape index (κ2) is 5.03. The number of methoxy groups -OCH3 is 1. The highest BCUT2D eigenvalue weighted by Crippen LogP contribution is 2.34. The minimum absolute atomic E-state index is 0.215. The fourth-order valence-corrected chi connectivity index (χ4v) is 1.75. The molecule has 0 fully saturated rings. The zero-order chi connectivity index (χ0) is 11.4. The van der Waals surface area contributed by atoms with Crippen LogP contribution in [-0.4, -0.2) is 18.8 Å². The molecule has 3 N–H and O–H groups in total. The van der Waals surface area contributed by atoms with Crippen LogP contribution in [0.5, 0.6) is 11.5 Å². The van der Waals surface area contributed by atoms with Gasteiger partial charge in [0.25, 0.3) is 0 Å². The molecule has 0 spiro atoms. The molecule has 0 amide bonds. The topological polar surface area (TPSA) is 55.5 Å². The minimum Gasteiger partial charge on any atom is -0.504 e. The van der Waals surface area contributed by atoms with E-state index in [2.05, 4.69) is 0 Å². The van der Waals surface area contributed by atoms with Crippen LogP contribution in [0.3, 0.4) is 0 Å². The second-order valence-electron chi connectivity index (χ2n) is 3.73. The molecule has 0 aromatic heterocycles. The number of aromatic hydroxyl groups is 1. The van der Waals surface area contributed by atoms with Crippen LogP contribution in [0.2, 0.25) is 0 Å². The molecule has 3 nitrogen and oxygen atoms in total. The van der Waals surface area contributed by atoms with E-state index in [-0.39, 0.29) is 5.75 Å². The number of aryl methyl sites for hydroxylation is 1. The Labute approximate surface area is 90.9 Å². The van der Waals surface area contributed by atoms with E-state index in [4.69, 9.17) is 10.5 Å². The average molecular weight is 209 g/mol. The fraction of sp³-hybridized carbons (Fsp3) is 0.500. The lowest BCUT2D eigenvalue weighted by Crippen LogP contribution is -2.03. The van der Waals surface area contributed by atoms with Gasteiger partial charge in [-0.05, 0) is 56.0 Å². The standard InChI is InChI=1S/C12H19NO2/c1-8-9(2)12(15-3)11(14)7-10(8)5-4-6-13/h7,14H,4-6,13H2,1-3H3. The first-order chi connectivity index (χ1) is 7.11. The Morgan fingerprint density at radius 2 is 2.00 bits per heavy atom. The summed E-state index contributed by atoms with van der Waals surface area (Å²) in [5, 5.41) is 9.74. The third kappa shape index (κ3) is 2.42. The van der Waals surface area contributed by atoms with E-state index in [1.165, 1.54) is 5.56 Å². The normalized spacial score (nSPS) is 10.4. The van der Waals surface area contributed by atoms with Crippen LogP contribution < -0.4 is 10.5 Å². The molecular weight excluding hydrogens is 190 g/mol. The lowest BCUT2D eigenvalue weighted by molar-refractivity contribution is 0.370. The molecule has 15 heavy (non-hydrogen) atoms. The minimum atomic E-state index is 0.215. The molecule has 84 valence electrons. The predicted molar refractivity (Wildman–Crippen MR) is 61.5 cm³/mol. The van der Waals surface area contributed by atoms with Gasteiger partial charge in [-0.15, -0.1) is 0 Å². The van der Waals surface area contributed by atoms with Gasteiger partial charge in [0.1, 0.15) is 0 Å². The Hall–Kier alpha value is -1.22. The molecule has 0 aliphatic rings. The van der Waals surface area contributed by atoms with Gasteiger partial charge >= 0.3 is 0 Å². The first kappa shape index (κ1) is 11.9. The van der Waals surface area contributed by atoms with Crippen LogP contribution in [0.1, 0.15) is 23.1 Å². The number of ether oxygens (including phenoxy) is 1. The molecule has 0 aliphatic carbocycles. The lowest BCUT2D eigenvalue weighted by Gasteiger charge is -2.14. The highest BCUT2D eigenvalue weighted by Gasteiger charge is 2.11. The molecule has 1 aromatic carbocycles. The van der Waals surface area contributed by atoms with Crippen molar-refractivity contribution < 1.29 is 9.84 Å². The van der Waals surface area contributed by atoms with E-state index in [1.54, 1.807) is 13.2 Å². The molecule has 0 heterocycles. The first-order valence-electron chi connectivity index (χ1n) is 5.18. The number of rotatable bonds is 4. The molecule has 3 heteroatoms. The van der Waals surface area contributed by atoms with Gasteiger partial charge in [0.05, 0.1) is 7.11 Å². The molecule has 1 rings (SSSR count). The fourth-order valence-electron chi connectivity index (χ4n) is 1.75. The van der Waals surface area contributed by atoms with E-state index >= 15 is 0 Å². The zero-order valence-corrected chi connectivity index (χ0v) is 9.63. The van der Waals surface area contributed by atoms with E-state index in [0.29, 0.717) is 12.3 Å². The molecule has 0 radical (unpaired) electrons. The highest BCUT2D eigenvalue weighted by atomic mass is 16.5. The maximum atomic E-state index is 9.74. The van der Waals surface area contributed by atoms with Gasteiger partial charge in [0.2, 0.25) is 0 Å². The van der Waals surface area contributed by atoms with Crippen molar-refractivity contribution in [3.8, 4) is 11.5 Å². The van der Waals surface area contributed by atoms with Gasteiger partial charge in [-0.3, -0.25) is 0 Å². The van der Waals surface area contributed by atoms with Gasteiger partial charge in [-0.25, -0.2) is 0 Å². The van der Waals surface area contributed by atoms with Crippen LogP contribution in [-0.2, 0) is 6.42 Å². The Morgan fingerprint density at radius 3 is 2.53 bits per heavy atom. The summed E-state index contributed by atoms with van der Waals surface area (Å²) in [6.45, 7) is 4.67. The third-order valence-electron chi connectivity index (χ3n) is 2.78. The van der Waals surface area contributed by atoms with E-state index in [0.717, 1.165) is 24.0 Å². The van der Waals surface area contributed by atoms with E-state index < -0.39 is 0 Å². The Morgan fingerprint density at radius 1 is 1.33 bits per heavy atom. The van der Waals surface area contributed by atoms with Gasteiger partial charge in [0.15, 0.2) is 11.5 Å². The summed E-state index contributed by atoms with van der Waals surface area (Å²) in [7, 11) is 1.57. The molecule has 0 unspecified atom stereocenters. The third-order valence-corrected chi connectivity index (χ3v) is 2.78. The van der Waals surface area contributed by atoms with Crippen molar-refractivity contribution in [2.45, 2.75) is 26.7 Å². The van der Waals surface area contributed by atoms with Crippen molar-refractivity contribution in [3.05, 3.63) is 22.8 Å². The monoisotopic (exact) mass is 209 g/mol. The van der Waals surface area contributed by atoms with Crippen molar-refractivity contribution in [3.63, 3.8) is 0 Å². The van der Waals surface area contributed by atoms with E-state index in [1.807, 2.05) is 13.8 Å². The maximum Gasteiger partial charge on any atom is 0.163 e. The quantitative estimate of drug-likeness (QED) is 0.796. The second-order valence-corrected chi connectivity index (χ2v) is 3.73. The number of nitrogens with two attached hydrogens (primary N) is 1. The molecule has 0 saturated heterocycles. The summed E-state index contributed by atoms with van der Waals surface area (Å²) in [5.41, 5.74) is 8.80. The first-order valence-corrected chi connectivity index (χ1v) is 5.18. The number of phenolic OH excluding ortho intramolecular Hbond substituents is 1. The van der Waals surface area contributed by atoms with Crippen LogP contribution in [0.15, 0.2) is 6.07 Å². The molecule has 0 aliphatic heterocycles. The van der Waals surface area contributed by atoms with Crippen molar-refractivity contribution in [2.75, 3.05) is 13.7 Å². The molecule has 0 saturated carbocycles. The van der Waals surface area contributed by atoms with Crippen LogP contribution in [0.25, 0.3) is 0 Å². The SMILES string of the molecule is COc1c(O)cc(CCCN)c(C)c1C. The molecule has 0 atom stereocenters. The smallest absolute Gasteiger partial charge is 0.163 e. The summed E-state index contributed by atoms with van der Waals surface area (Å²) in [6, 6.07) is 1.77. The lowest BCUT2D eigenvalue weighted by atomic mass is 9.98. The van der Waals surface area contributed by atoms with Gasteiger partial charge < -0.3 is 15.6 Å². The highest BCUT2D eigenvalue weighted by molar-refractivity contribution is 5.52. The molecule has 1 aromatic rings. The van der Waals surface area contributed by atoms with Crippen molar-refractivity contribution >= 4 is 0 Å². The van der Waals surface area contributed by atoms with Gasteiger partial charge in [-0.1, -0.05) is 0 Å². The summed E-state index contributed by atoms with van der Waals surface area (Å²) >= 11 is 0. The van der Waals surface area contributed by atoms with Gasteiger partial charge in [0, 0.05) is 0 Å². The van der Waals surface area contributed by atoms with E-state index in [9.17, 15) is 5.11 Å². The summed E-state index contributed by atoms with van der Waals surface area (Å²) in [4.78, 5) is 0. The zero-order valence-electron chi connectivity index (χ0n) is 9.63. The van der Waals surface area contributed by atoms with Crippen LogP contribution in [0.4, 0.5) is 0 Å². The predicted octanol–water partition coefficient (Wildman–Crippen LogP) is 1.91. The van der Waals surface area contributed by atoms with Crippen LogP contribution in [0, 0.1) is 13.8 Å². The van der Waals surface area contributed by atoms with Crippen molar-refractivity contribution in [2.24, 2.45) is 5.73 Å². The number of phenols is 1. The molecule has 0 bridgehead atoms. The Balaban J connectivity index is 3.10. The van der Waals surface area contributed by atoms with Crippen LogP contribution >= 0.6 is 0 Å². The maximum absolute atomic E-state index is 9.74. The summed E-state index contributed by atoms with van der Waals surface area (Å²) < 4.78 is 5.14. The largest absolute Gasteiger partial charge is 0.504 e. The van der Waals surface area contributed by atoms with Crippen molar-refractivity contribution in [1.29, 1.82) is 0 Å². The Bertz CT molecular complexity index is 348. The number of hydrogen-bond acceptors (Lipinski definition) is 3. The summed E-state index contributed by atoms with van der Waals surface area (Å²) in [5.74, 6) is 0.789. The summed E-state index contributed by atoms with van der Waals surface area (Å²) in [6.07, 6.45) is 1.84. The Kier molecular flexibility index (Phi) is 3.97.